The van der Waals surface area contributed by atoms with E-state index < -0.39 is 35.4 Å². The molecule has 3 heterocycles. The van der Waals surface area contributed by atoms with Crippen molar-refractivity contribution < 1.29 is 36.6 Å². The van der Waals surface area contributed by atoms with Crippen molar-refractivity contribution in [3.05, 3.63) is 76.0 Å². The summed E-state index contributed by atoms with van der Waals surface area (Å²) in [6, 6.07) is 4.62. The van der Waals surface area contributed by atoms with Crippen molar-refractivity contribution in [2.24, 2.45) is 5.92 Å². The van der Waals surface area contributed by atoms with Gasteiger partial charge < -0.3 is 19.7 Å². The van der Waals surface area contributed by atoms with E-state index in [2.05, 4.69) is 10.3 Å². The third-order valence-corrected chi connectivity index (χ3v) is 6.59. The fraction of sp³-hybridized carbons (Fsp3) is 0.320. The zero-order valence-corrected chi connectivity index (χ0v) is 19.9. The molecule has 7 nitrogen and oxygen atoms in total. The molecule has 1 unspecified atom stereocenters. The number of allylic oxidation sites excluding steroid dienone is 4. The molecule has 12 heteroatoms. The normalized spacial score (nSPS) is 19.6. The second kappa shape index (κ2) is 9.70. The lowest BCUT2D eigenvalue weighted by atomic mass is 9.91. The molecule has 5 rings (SSSR count). The average molecular weight is 538 g/mol. The Balaban J connectivity index is 1.20. The lowest BCUT2D eigenvalue weighted by Gasteiger charge is -2.39. The first-order valence-corrected chi connectivity index (χ1v) is 11.7. The van der Waals surface area contributed by atoms with Crippen LogP contribution in [0.2, 0.25) is 0 Å². The molecule has 1 saturated heterocycles. The molecule has 2 amide bonds. The fourth-order valence-electron chi connectivity index (χ4n) is 4.35. The Morgan fingerprint density at radius 3 is 2.73 bits per heavy atom. The van der Waals surface area contributed by atoms with Gasteiger partial charge in [-0.15, -0.1) is 0 Å². The highest BCUT2D eigenvalue weighted by Crippen LogP contribution is 2.38. The van der Waals surface area contributed by atoms with Crippen molar-refractivity contribution in [1.82, 2.24) is 9.88 Å². The van der Waals surface area contributed by atoms with Crippen molar-refractivity contribution in [2.45, 2.75) is 18.5 Å². The van der Waals surface area contributed by atoms with Crippen LogP contribution in [0.4, 0.5) is 23.2 Å². The molecule has 1 aliphatic carbocycles. The molecule has 1 fully saturated rings. The minimum atomic E-state index is -4.53. The van der Waals surface area contributed by atoms with Crippen LogP contribution in [0.5, 0.6) is 5.75 Å². The Labute approximate surface area is 213 Å². The van der Waals surface area contributed by atoms with Gasteiger partial charge >= 0.3 is 6.18 Å². The number of amides is 2. The highest BCUT2D eigenvalue weighted by Gasteiger charge is 2.35. The summed E-state index contributed by atoms with van der Waals surface area (Å²) in [4.78, 5) is 29.3. The minimum Gasteiger partial charge on any atom is -0.497 e. The summed E-state index contributed by atoms with van der Waals surface area (Å²) in [6.07, 6.45) is 0.338. The number of hydrogen-bond acceptors (Lipinski definition) is 5. The van der Waals surface area contributed by atoms with E-state index in [9.17, 15) is 27.2 Å². The molecule has 1 atom stereocenters. The SMILES string of the molecule is O=C1COc2cc(F)c(C(=O)N3CC(COC4=CC=C(Cl)CC4c4ccc(C(F)(F)F)nc4)C3)cc2N1. The first-order valence-electron chi connectivity index (χ1n) is 11.4. The second-order valence-corrected chi connectivity index (χ2v) is 9.45. The van der Waals surface area contributed by atoms with Gasteiger partial charge in [-0.05, 0) is 36.3 Å². The number of halogens is 5. The summed E-state index contributed by atoms with van der Waals surface area (Å²) in [6.45, 7) is 0.688. The van der Waals surface area contributed by atoms with E-state index in [0.29, 0.717) is 35.9 Å². The van der Waals surface area contributed by atoms with E-state index in [1.165, 1.54) is 23.2 Å². The lowest BCUT2D eigenvalue weighted by molar-refractivity contribution is -0.141. The van der Waals surface area contributed by atoms with E-state index in [1.807, 2.05) is 0 Å². The monoisotopic (exact) mass is 537 g/mol. The number of hydrogen-bond donors (Lipinski definition) is 1. The molecule has 0 bridgehead atoms. The van der Waals surface area contributed by atoms with Crippen LogP contribution in [0.25, 0.3) is 0 Å². The zero-order valence-electron chi connectivity index (χ0n) is 19.1. The van der Waals surface area contributed by atoms with Crippen LogP contribution >= 0.6 is 11.6 Å². The third kappa shape index (κ3) is 5.27. The molecule has 37 heavy (non-hydrogen) atoms. The van der Waals surface area contributed by atoms with Gasteiger partial charge in [0, 0.05) is 42.2 Å². The molecule has 0 saturated carbocycles. The van der Waals surface area contributed by atoms with Crippen LogP contribution in [-0.2, 0) is 15.7 Å². The van der Waals surface area contributed by atoms with Crippen molar-refractivity contribution in [2.75, 3.05) is 31.6 Å². The number of likely N-dealkylation sites (tertiary alicyclic amines) is 1. The van der Waals surface area contributed by atoms with Gasteiger partial charge in [0.25, 0.3) is 11.8 Å². The summed E-state index contributed by atoms with van der Waals surface area (Å²) < 4.78 is 64.2. The number of carbonyl (C=O) groups excluding carboxylic acids is 2. The van der Waals surface area contributed by atoms with Crippen molar-refractivity contribution >= 4 is 29.1 Å². The highest BCUT2D eigenvalue weighted by atomic mass is 35.5. The summed E-state index contributed by atoms with van der Waals surface area (Å²) in [5, 5.41) is 3.09. The molecule has 3 aliphatic rings. The number of carbonyl (C=O) groups is 2. The molecule has 1 aromatic heterocycles. The molecule has 194 valence electrons. The van der Waals surface area contributed by atoms with Crippen molar-refractivity contribution in [3.63, 3.8) is 0 Å². The Kier molecular flexibility index (Phi) is 6.57. The van der Waals surface area contributed by atoms with Gasteiger partial charge in [-0.2, -0.15) is 13.2 Å². The van der Waals surface area contributed by atoms with Gasteiger partial charge in [0.1, 0.15) is 23.0 Å². The first-order chi connectivity index (χ1) is 17.6. The predicted octanol–water partition coefficient (Wildman–Crippen LogP) is 4.85. The number of nitrogens with zero attached hydrogens (tertiary/aromatic N) is 2. The van der Waals surface area contributed by atoms with Crippen molar-refractivity contribution in [3.8, 4) is 5.75 Å². The maximum atomic E-state index is 14.5. The summed E-state index contributed by atoms with van der Waals surface area (Å²) in [5.41, 5.74) is -0.380. The second-order valence-electron chi connectivity index (χ2n) is 8.97. The van der Waals surface area contributed by atoms with Gasteiger partial charge in [0.05, 0.1) is 17.9 Å². The van der Waals surface area contributed by atoms with Gasteiger partial charge in [-0.25, -0.2) is 4.39 Å². The van der Waals surface area contributed by atoms with Crippen LogP contribution in [0.1, 0.15) is 34.0 Å². The smallest absolute Gasteiger partial charge is 0.433 e. The molecule has 1 N–H and O–H groups in total. The summed E-state index contributed by atoms with van der Waals surface area (Å²) in [5.74, 6) is -1.38. The Bertz CT molecular complexity index is 1300. The third-order valence-electron chi connectivity index (χ3n) is 6.31. The molecular formula is C25H20ClF4N3O4. The largest absolute Gasteiger partial charge is 0.497 e. The van der Waals surface area contributed by atoms with Crippen LogP contribution in [0.15, 0.2) is 53.4 Å². The number of pyridine rings is 1. The Morgan fingerprint density at radius 2 is 2.03 bits per heavy atom. The number of benzene rings is 1. The topological polar surface area (TPSA) is 80.8 Å². The predicted molar refractivity (Wildman–Crippen MR) is 124 cm³/mol. The number of ether oxygens (including phenoxy) is 2. The van der Waals surface area contributed by atoms with Crippen molar-refractivity contribution in [1.29, 1.82) is 0 Å². The highest BCUT2D eigenvalue weighted by molar-refractivity contribution is 6.29. The molecule has 0 radical (unpaired) electrons. The maximum absolute atomic E-state index is 14.5. The molecule has 2 aliphatic heterocycles. The van der Waals surface area contributed by atoms with Crippen LogP contribution in [-0.4, -0.2) is 48.0 Å². The zero-order chi connectivity index (χ0) is 26.3. The number of rotatable bonds is 5. The molecular weight excluding hydrogens is 518 g/mol. The molecule has 1 aromatic carbocycles. The summed E-state index contributed by atoms with van der Waals surface area (Å²) in [7, 11) is 0. The number of anilines is 1. The average Bonchev–Trinajstić information content (AvgIpc) is 2.83. The molecule has 2 aromatic rings. The van der Waals surface area contributed by atoms with Gasteiger partial charge in [-0.3, -0.25) is 14.6 Å². The Morgan fingerprint density at radius 1 is 1.24 bits per heavy atom. The number of aromatic nitrogens is 1. The lowest BCUT2D eigenvalue weighted by Crippen LogP contribution is -2.51. The van der Waals surface area contributed by atoms with Crippen LogP contribution in [0.3, 0.4) is 0 Å². The number of alkyl halides is 3. The van der Waals surface area contributed by atoms with Gasteiger partial charge in [0.15, 0.2) is 6.61 Å². The van der Waals surface area contributed by atoms with E-state index >= 15 is 0 Å². The van der Waals surface area contributed by atoms with Gasteiger partial charge in [-0.1, -0.05) is 17.7 Å². The molecule has 0 spiro atoms. The number of nitrogens with one attached hydrogen (secondary N) is 1. The summed E-state index contributed by atoms with van der Waals surface area (Å²) >= 11 is 6.16. The van der Waals surface area contributed by atoms with E-state index in [1.54, 1.807) is 12.2 Å². The Hall–Kier alpha value is -3.60. The quantitative estimate of drug-likeness (QED) is 0.551. The van der Waals surface area contributed by atoms with E-state index in [0.717, 1.165) is 12.1 Å². The maximum Gasteiger partial charge on any atom is 0.433 e. The first kappa shape index (κ1) is 25.1. The number of fused-ring (bicyclic) bond motifs is 1. The fourth-order valence-corrected chi connectivity index (χ4v) is 4.57. The van der Waals surface area contributed by atoms with E-state index in [-0.39, 0.29) is 36.1 Å². The van der Waals surface area contributed by atoms with Crippen LogP contribution in [0, 0.1) is 11.7 Å². The standard InChI is InChI=1S/C25H20ClF4N3O4/c26-15-2-3-20(16(5-15)14-1-4-22(31-8-14)25(28,29)30)36-11-13-9-33(10-13)24(35)17-6-19-21(7-18(17)27)37-12-23(34)32-19/h1-4,6-8,13,16H,5,9-12H2,(H,32,34). The van der Waals surface area contributed by atoms with Gasteiger partial charge in [0.2, 0.25) is 0 Å². The van der Waals surface area contributed by atoms with E-state index in [4.69, 9.17) is 21.1 Å². The van der Waals surface area contributed by atoms with Crippen LogP contribution < -0.4 is 10.1 Å². The minimum absolute atomic E-state index is 0.0265.